The van der Waals surface area contributed by atoms with Crippen LogP contribution >= 0.6 is 11.6 Å². The Hall–Kier alpha value is -1.66. The first-order valence-corrected chi connectivity index (χ1v) is 7.27. The number of hydrogen-bond acceptors (Lipinski definition) is 4. The van der Waals surface area contributed by atoms with Crippen molar-refractivity contribution in [1.29, 1.82) is 0 Å². The molecule has 1 saturated heterocycles. The second kappa shape index (κ2) is 5.27. The molecule has 2 aromatic rings. The molecule has 1 aliphatic rings. The van der Waals surface area contributed by atoms with Crippen molar-refractivity contribution >= 4 is 29.0 Å². The highest BCUT2D eigenvalue weighted by atomic mass is 35.5. The van der Waals surface area contributed by atoms with Gasteiger partial charge in [0.15, 0.2) is 11.5 Å². The number of carbonyl (C=O) groups excluding carboxylic acids is 1. The van der Waals surface area contributed by atoms with Gasteiger partial charge in [-0.1, -0.05) is 11.6 Å². The fraction of sp³-hybridized carbons (Fsp3) is 0.500. The number of rotatable bonds is 2. The molecule has 2 aromatic heterocycles. The van der Waals surface area contributed by atoms with Gasteiger partial charge in [0, 0.05) is 12.5 Å². The molecule has 1 atom stereocenters. The van der Waals surface area contributed by atoms with E-state index in [-0.39, 0.29) is 17.4 Å². The maximum absolute atomic E-state index is 12.3. The van der Waals surface area contributed by atoms with Crippen LogP contribution in [0.5, 0.6) is 0 Å². The van der Waals surface area contributed by atoms with Crippen LogP contribution in [0.4, 0.5) is 5.82 Å². The lowest BCUT2D eigenvalue weighted by atomic mass is 9.88. The number of halogens is 1. The van der Waals surface area contributed by atoms with Crippen LogP contribution in [0.25, 0.3) is 5.65 Å². The van der Waals surface area contributed by atoms with Crippen molar-refractivity contribution in [2.45, 2.75) is 32.3 Å². The van der Waals surface area contributed by atoms with Gasteiger partial charge < -0.3 is 10.1 Å². The van der Waals surface area contributed by atoms with E-state index in [0.29, 0.717) is 29.6 Å². The van der Waals surface area contributed by atoms with Gasteiger partial charge in [-0.3, -0.25) is 4.79 Å². The van der Waals surface area contributed by atoms with Crippen LogP contribution in [0.2, 0.25) is 5.15 Å². The highest BCUT2D eigenvalue weighted by Gasteiger charge is 2.33. The molecule has 6 nitrogen and oxygen atoms in total. The summed E-state index contributed by atoms with van der Waals surface area (Å²) in [6, 6.07) is 3.42. The SMILES string of the molecule is CC1(C)CC(C(=O)Nc2cn3nc(Cl)ccc3n2)CCO1. The topological polar surface area (TPSA) is 68.5 Å². The Kier molecular flexibility index (Phi) is 3.59. The summed E-state index contributed by atoms with van der Waals surface area (Å²) < 4.78 is 7.18. The zero-order valence-corrected chi connectivity index (χ0v) is 12.7. The first-order chi connectivity index (χ1) is 9.93. The molecule has 1 N–H and O–H groups in total. The fourth-order valence-corrected chi connectivity index (χ4v) is 2.75. The molecule has 0 bridgehead atoms. The number of imidazole rings is 1. The number of nitrogens with one attached hydrogen (secondary N) is 1. The van der Waals surface area contributed by atoms with Gasteiger partial charge >= 0.3 is 0 Å². The van der Waals surface area contributed by atoms with Gasteiger partial charge in [0.1, 0.15) is 5.15 Å². The highest BCUT2D eigenvalue weighted by molar-refractivity contribution is 6.29. The van der Waals surface area contributed by atoms with E-state index in [9.17, 15) is 4.79 Å². The molecule has 1 amide bonds. The van der Waals surface area contributed by atoms with Crippen LogP contribution in [-0.4, -0.2) is 32.7 Å². The van der Waals surface area contributed by atoms with E-state index in [0.717, 1.165) is 6.42 Å². The number of carbonyl (C=O) groups is 1. The molecule has 0 aliphatic carbocycles. The Balaban J connectivity index is 1.74. The van der Waals surface area contributed by atoms with E-state index < -0.39 is 0 Å². The summed E-state index contributed by atoms with van der Waals surface area (Å²) in [6.07, 6.45) is 3.09. The summed E-state index contributed by atoms with van der Waals surface area (Å²) in [5.74, 6) is 0.398. The number of anilines is 1. The van der Waals surface area contributed by atoms with Crippen LogP contribution in [-0.2, 0) is 9.53 Å². The van der Waals surface area contributed by atoms with Crippen molar-refractivity contribution in [3.8, 4) is 0 Å². The van der Waals surface area contributed by atoms with Crippen LogP contribution < -0.4 is 5.32 Å². The second-order valence-electron chi connectivity index (χ2n) is 5.87. The molecule has 0 saturated carbocycles. The first kappa shape index (κ1) is 14.3. The van der Waals surface area contributed by atoms with Gasteiger partial charge in [-0.05, 0) is 38.8 Å². The molecule has 1 unspecified atom stereocenters. The summed E-state index contributed by atoms with van der Waals surface area (Å²) in [5.41, 5.74) is 0.385. The molecule has 0 aromatic carbocycles. The predicted molar refractivity (Wildman–Crippen MR) is 79.4 cm³/mol. The first-order valence-electron chi connectivity index (χ1n) is 6.90. The molecule has 7 heteroatoms. The molecule has 0 radical (unpaired) electrons. The Morgan fingerprint density at radius 1 is 1.52 bits per heavy atom. The molecule has 3 heterocycles. The van der Waals surface area contributed by atoms with Crippen LogP contribution in [0.3, 0.4) is 0 Å². The van der Waals surface area contributed by atoms with E-state index in [2.05, 4.69) is 15.4 Å². The molecule has 112 valence electrons. The van der Waals surface area contributed by atoms with Crippen LogP contribution in [0.1, 0.15) is 26.7 Å². The van der Waals surface area contributed by atoms with Gasteiger partial charge in [0.25, 0.3) is 0 Å². The summed E-state index contributed by atoms with van der Waals surface area (Å²) in [4.78, 5) is 16.6. The standard InChI is InChI=1S/C14H17ClN4O2/c1-14(2)7-9(5-6-21-14)13(20)17-11-8-19-12(16-11)4-3-10(15)18-19/h3-4,8-9H,5-7H2,1-2H3,(H,17,20). The molecule has 1 fully saturated rings. The van der Waals surface area contributed by atoms with Gasteiger partial charge in [-0.15, -0.1) is 0 Å². The Morgan fingerprint density at radius 3 is 3.10 bits per heavy atom. The number of nitrogens with zero attached hydrogens (tertiary/aromatic N) is 3. The normalized spacial score (nSPS) is 21.4. The van der Waals surface area contributed by atoms with Crippen molar-refractivity contribution in [3.63, 3.8) is 0 Å². The Labute approximate surface area is 127 Å². The van der Waals surface area contributed by atoms with Gasteiger partial charge in [0.2, 0.25) is 5.91 Å². The fourth-order valence-electron chi connectivity index (χ4n) is 2.60. The zero-order valence-electron chi connectivity index (χ0n) is 12.0. The number of fused-ring (bicyclic) bond motifs is 1. The van der Waals surface area contributed by atoms with Crippen LogP contribution in [0.15, 0.2) is 18.3 Å². The average molecular weight is 309 g/mol. The number of amides is 1. The molecular weight excluding hydrogens is 292 g/mol. The zero-order chi connectivity index (χ0) is 15.0. The van der Waals surface area contributed by atoms with Gasteiger partial charge in [-0.25, -0.2) is 9.50 Å². The van der Waals surface area contributed by atoms with Crippen molar-refractivity contribution in [1.82, 2.24) is 14.6 Å². The van der Waals surface area contributed by atoms with E-state index in [1.807, 2.05) is 13.8 Å². The third-order valence-electron chi connectivity index (χ3n) is 3.61. The maximum Gasteiger partial charge on any atom is 0.228 e. The number of ether oxygens (including phenoxy) is 1. The van der Waals surface area contributed by atoms with Crippen molar-refractivity contribution < 1.29 is 9.53 Å². The minimum absolute atomic E-state index is 0.0270. The summed E-state index contributed by atoms with van der Waals surface area (Å²) >= 11 is 5.83. The van der Waals surface area contributed by atoms with E-state index in [1.165, 1.54) is 0 Å². The highest BCUT2D eigenvalue weighted by Crippen LogP contribution is 2.29. The van der Waals surface area contributed by atoms with Gasteiger partial charge in [0.05, 0.1) is 11.8 Å². The lowest BCUT2D eigenvalue weighted by Crippen LogP contribution is -2.39. The van der Waals surface area contributed by atoms with E-state index in [4.69, 9.17) is 16.3 Å². The molecule has 3 rings (SSSR count). The second-order valence-corrected chi connectivity index (χ2v) is 6.26. The smallest absolute Gasteiger partial charge is 0.228 e. The third-order valence-corrected chi connectivity index (χ3v) is 3.81. The monoisotopic (exact) mass is 308 g/mol. The van der Waals surface area contributed by atoms with Gasteiger partial charge in [-0.2, -0.15) is 5.10 Å². The number of hydrogen-bond donors (Lipinski definition) is 1. The van der Waals surface area contributed by atoms with Crippen LogP contribution in [0, 0.1) is 5.92 Å². The molecule has 1 aliphatic heterocycles. The van der Waals surface area contributed by atoms with Crippen molar-refractivity contribution in [3.05, 3.63) is 23.5 Å². The summed E-state index contributed by atoms with van der Waals surface area (Å²) in [7, 11) is 0. The lowest BCUT2D eigenvalue weighted by Gasteiger charge is -2.34. The third kappa shape index (κ3) is 3.16. The Bertz CT molecular complexity index is 683. The quantitative estimate of drug-likeness (QED) is 0.925. The maximum atomic E-state index is 12.3. The lowest BCUT2D eigenvalue weighted by molar-refractivity contribution is -0.130. The molecular formula is C14H17ClN4O2. The predicted octanol–water partition coefficient (Wildman–Crippen LogP) is 2.53. The largest absolute Gasteiger partial charge is 0.376 e. The van der Waals surface area contributed by atoms with E-state index >= 15 is 0 Å². The van der Waals surface area contributed by atoms with E-state index in [1.54, 1.807) is 22.8 Å². The Morgan fingerprint density at radius 2 is 2.33 bits per heavy atom. The minimum atomic E-state index is -0.256. The average Bonchev–Trinajstić information content (AvgIpc) is 2.78. The van der Waals surface area contributed by atoms with Crippen molar-refractivity contribution in [2.75, 3.05) is 11.9 Å². The number of aromatic nitrogens is 3. The van der Waals surface area contributed by atoms with Crippen molar-refractivity contribution in [2.24, 2.45) is 5.92 Å². The molecule has 21 heavy (non-hydrogen) atoms. The summed E-state index contributed by atoms with van der Waals surface area (Å²) in [5, 5.41) is 7.31. The summed E-state index contributed by atoms with van der Waals surface area (Å²) in [6.45, 7) is 4.61. The molecule has 0 spiro atoms. The minimum Gasteiger partial charge on any atom is -0.376 e.